The summed E-state index contributed by atoms with van der Waals surface area (Å²) in [6.45, 7) is 5.03. The van der Waals surface area contributed by atoms with Gasteiger partial charge in [-0.3, -0.25) is 14.4 Å². The third-order valence-corrected chi connectivity index (χ3v) is 7.54. The van der Waals surface area contributed by atoms with Crippen molar-refractivity contribution in [2.45, 2.75) is 45.7 Å². The molecule has 4 aromatic carbocycles. The second-order valence-electron chi connectivity index (χ2n) is 10.4. The highest BCUT2D eigenvalue weighted by Gasteiger charge is 2.26. The molecule has 0 bridgehead atoms. The van der Waals surface area contributed by atoms with E-state index < -0.39 is 5.97 Å². The molecule has 2 amide bonds. The molecular weight excluding hydrogens is 524 g/mol. The molecule has 42 heavy (non-hydrogen) atoms. The van der Waals surface area contributed by atoms with E-state index in [1.165, 1.54) is 5.56 Å². The van der Waals surface area contributed by atoms with Crippen molar-refractivity contribution in [1.29, 1.82) is 0 Å². The van der Waals surface area contributed by atoms with Crippen molar-refractivity contribution in [3.05, 3.63) is 131 Å². The second-order valence-corrected chi connectivity index (χ2v) is 10.4. The van der Waals surface area contributed by atoms with Crippen LogP contribution in [0.1, 0.15) is 58.5 Å². The Morgan fingerprint density at radius 1 is 0.690 bits per heavy atom. The normalized spacial score (nSPS) is 11.5. The summed E-state index contributed by atoms with van der Waals surface area (Å²) >= 11 is 0. The maximum atomic E-state index is 14.2. The first-order valence-corrected chi connectivity index (χ1v) is 14.5. The molecule has 0 radical (unpaired) electrons. The summed E-state index contributed by atoms with van der Waals surface area (Å²) in [5, 5.41) is 9.44. The summed E-state index contributed by atoms with van der Waals surface area (Å²) in [7, 11) is 0. The number of carboxylic acids is 1. The van der Waals surface area contributed by atoms with Crippen LogP contribution in [0.25, 0.3) is 11.1 Å². The predicted octanol–water partition coefficient (Wildman–Crippen LogP) is 6.95. The zero-order valence-electron chi connectivity index (χ0n) is 24.3. The van der Waals surface area contributed by atoms with Gasteiger partial charge in [0.25, 0.3) is 11.8 Å². The Bertz CT molecular complexity index is 1490. The lowest BCUT2D eigenvalue weighted by Gasteiger charge is -2.30. The minimum absolute atomic E-state index is 0.0969. The molecule has 0 aliphatic rings. The molecule has 6 heteroatoms. The predicted molar refractivity (Wildman–Crippen MR) is 166 cm³/mol. The molecule has 1 atom stereocenters. The van der Waals surface area contributed by atoms with Gasteiger partial charge < -0.3 is 14.9 Å². The van der Waals surface area contributed by atoms with E-state index in [0.717, 1.165) is 12.0 Å². The molecule has 0 aliphatic heterocycles. The van der Waals surface area contributed by atoms with E-state index in [4.69, 9.17) is 0 Å². The fraction of sp³-hybridized carbons (Fsp3) is 0.250. The Hall–Kier alpha value is -4.71. The van der Waals surface area contributed by atoms with Crippen molar-refractivity contribution in [3.8, 4) is 11.1 Å². The highest BCUT2D eigenvalue weighted by Crippen LogP contribution is 2.30. The topological polar surface area (TPSA) is 77.9 Å². The summed E-state index contributed by atoms with van der Waals surface area (Å²) in [5.41, 5.74) is 4.49. The average molecular weight is 563 g/mol. The van der Waals surface area contributed by atoms with Gasteiger partial charge in [0, 0.05) is 36.8 Å². The zero-order chi connectivity index (χ0) is 29.9. The highest BCUT2D eigenvalue weighted by atomic mass is 16.4. The summed E-state index contributed by atoms with van der Waals surface area (Å²) in [5.74, 6) is -1.31. The molecule has 4 rings (SSSR count). The van der Waals surface area contributed by atoms with Crippen molar-refractivity contribution in [1.82, 2.24) is 9.80 Å². The number of carboxylic acid groups (broad SMARTS) is 1. The number of nitrogens with zero attached hydrogens (tertiary/aromatic N) is 2. The van der Waals surface area contributed by atoms with Crippen LogP contribution in [0, 0.1) is 0 Å². The third-order valence-electron chi connectivity index (χ3n) is 7.54. The molecule has 0 saturated heterocycles. The fourth-order valence-corrected chi connectivity index (χ4v) is 5.18. The highest BCUT2D eigenvalue weighted by molar-refractivity contribution is 6.06. The van der Waals surface area contributed by atoms with Crippen LogP contribution in [0.4, 0.5) is 0 Å². The zero-order valence-corrected chi connectivity index (χ0v) is 24.3. The van der Waals surface area contributed by atoms with E-state index in [0.29, 0.717) is 41.8 Å². The van der Waals surface area contributed by atoms with Crippen molar-refractivity contribution in [3.63, 3.8) is 0 Å². The van der Waals surface area contributed by atoms with Crippen LogP contribution in [0.3, 0.4) is 0 Å². The van der Waals surface area contributed by atoms with Gasteiger partial charge in [-0.25, -0.2) is 0 Å². The third kappa shape index (κ3) is 7.72. The van der Waals surface area contributed by atoms with Crippen LogP contribution in [-0.2, 0) is 17.8 Å². The molecular formula is C36H38N2O4. The van der Waals surface area contributed by atoms with Crippen LogP contribution in [-0.4, -0.2) is 51.8 Å². The molecule has 4 aromatic rings. The van der Waals surface area contributed by atoms with Crippen molar-refractivity contribution in [2.24, 2.45) is 0 Å². The van der Waals surface area contributed by atoms with Gasteiger partial charge in [-0.1, -0.05) is 97.1 Å². The van der Waals surface area contributed by atoms with E-state index in [1.54, 1.807) is 28.0 Å². The van der Waals surface area contributed by atoms with Crippen LogP contribution in [0.5, 0.6) is 0 Å². The minimum Gasteiger partial charge on any atom is -0.481 e. The van der Waals surface area contributed by atoms with Crippen LogP contribution in [0.15, 0.2) is 109 Å². The Morgan fingerprint density at radius 3 is 1.74 bits per heavy atom. The van der Waals surface area contributed by atoms with Gasteiger partial charge in [-0.2, -0.15) is 0 Å². The number of hydrogen-bond acceptors (Lipinski definition) is 3. The first-order valence-electron chi connectivity index (χ1n) is 14.5. The standard InChI is InChI=1S/C36H38N2O4/c1-3-37(26-29-16-8-5-9-17-29)35(41)32-20-12-10-18-30(32)31-19-11-13-21-33(31)36(42)38(25-24-34(39)40)27(2)22-23-28-14-6-4-7-15-28/h4-21,27H,3,22-26H2,1-2H3,(H,39,40). The van der Waals surface area contributed by atoms with E-state index in [9.17, 15) is 19.5 Å². The molecule has 0 fully saturated rings. The maximum absolute atomic E-state index is 14.2. The molecule has 0 aliphatic carbocycles. The lowest BCUT2D eigenvalue weighted by atomic mass is 9.93. The van der Waals surface area contributed by atoms with E-state index in [-0.39, 0.29) is 30.8 Å². The quantitative estimate of drug-likeness (QED) is 0.191. The summed E-state index contributed by atoms with van der Waals surface area (Å²) < 4.78 is 0. The van der Waals surface area contributed by atoms with Crippen molar-refractivity contribution < 1.29 is 19.5 Å². The number of rotatable bonds is 13. The molecule has 6 nitrogen and oxygen atoms in total. The molecule has 1 N–H and O–H groups in total. The Balaban J connectivity index is 1.65. The van der Waals surface area contributed by atoms with Crippen molar-refractivity contribution in [2.75, 3.05) is 13.1 Å². The molecule has 216 valence electrons. The number of hydrogen-bond donors (Lipinski definition) is 1. The van der Waals surface area contributed by atoms with Crippen LogP contribution < -0.4 is 0 Å². The van der Waals surface area contributed by atoms with Gasteiger partial charge in [0.05, 0.1) is 6.42 Å². The van der Waals surface area contributed by atoms with Gasteiger partial charge in [0.15, 0.2) is 0 Å². The molecule has 0 spiro atoms. The number of aryl methyl sites for hydroxylation is 1. The Kier molecular flexibility index (Phi) is 10.6. The van der Waals surface area contributed by atoms with E-state index in [1.807, 2.05) is 92.7 Å². The monoisotopic (exact) mass is 562 g/mol. The first-order chi connectivity index (χ1) is 20.4. The number of benzene rings is 4. The smallest absolute Gasteiger partial charge is 0.305 e. The number of carbonyl (C=O) groups excluding carboxylic acids is 2. The average Bonchev–Trinajstić information content (AvgIpc) is 3.03. The lowest BCUT2D eigenvalue weighted by Crippen LogP contribution is -2.40. The Labute approximate surface area is 248 Å². The van der Waals surface area contributed by atoms with E-state index >= 15 is 0 Å². The maximum Gasteiger partial charge on any atom is 0.305 e. The van der Waals surface area contributed by atoms with Gasteiger partial charge >= 0.3 is 5.97 Å². The first kappa shape index (κ1) is 30.3. The number of amides is 2. The van der Waals surface area contributed by atoms with E-state index in [2.05, 4.69) is 12.1 Å². The largest absolute Gasteiger partial charge is 0.481 e. The number of carbonyl (C=O) groups is 3. The molecule has 0 heterocycles. The summed E-state index contributed by atoms with van der Waals surface area (Å²) in [6.07, 6.45) is 1.31. The Morgan fingerprint density at radius 2 is 1.19 bits per heavy atom. The summed E-state index contributed by atoms with van der Waals surface area (Å²) in [6, 6.07) is 34.4. The molecule has 0 saturated carbocycles. The van der Waals surface area contributed by atoms with Crippen LogP contribution in [0.2, 0.25) is 0 Å². The van der Waals surface area contributed by atoms with Crippen LogP contribution >= 0.6 is 0 Å². The van der Waals surface area contributed by atoms with Gasteiger partial charge in [-0.05, 0) is 61.1 Å². The van der Waals surface area contributed by atoms with Gasteiger partial charge in [0.2, 0.25) is 0 Å². The number of aliphatic carboxylic acids is 1. The molecule has 1 unspecified atom stereocenters. The van der Waals surface area contributed by atoms with Gasteiger partial charge in [-0.15, -0.1) is 0 Å². The minimum atomic E-state index is -0.953. The SMILES string of the molecule is CCN(Cc1ccccc1)C(=O)c1ccccc1-c1ccccc1C(=O)N(CCC(=O)O)C(C)CCc1ccccc1. The molecule has 0 aromatic heterocycles. The summed E-state index contributed by atoms with van der Waals surface area (Å²) in [4.78, 5) is 43.0. The fourth-order valence-electron chi connectivity index (χ4n) is 5.18. The van der Waals surface area contributed by atoms with Crippen molar-refractivity contribution >= 4 is 17.8 Å². The van der Waals surface area contributed by atoms with Gasteiger partial charge in [0.1, 0.15) is 0 Å². The second kappa shape index (κ2) is 14.8. The lowest BCUT2D eigenvalue weighted by molar-refractivity contribution is -0.137.